The molecule has 0 N–H and O–H groups in total. The number of carbonyl (C=O) groups is 1. The van der Waals surface area contributed by atoms with Crippen LogP contribution in [-0.2, 0) is 6.42 Å². The van der Waals surface area contributed by atoms with Gasteiger partial charge in [-0.05, 0) is 67.0 Å². The van der Waals surface area contributed by atoms with Gasteiger partial charge in [-0.2, -0.15) is 5.26 Å². The van der Waals surface area contributed by atoms with Crippen LogP contribution in [0.5, 0.6) is 0 Å². The SMILES string of the molecule is C.N#CC1(Cc2ccc(F)cc2)[C@@H]2CC[C@H]1CN(C(=O)c1cccnc1-c1ccncn1)C2. The van der Waals surface area contributed by atoms with E-state index in [1.54, 1.807) is 42.7 Å². The van der Waals surface area contributed by atoms with E-state index in [1.165, 1.54) is 18.5 Å². The van der Waals surface area contributed by atoms with Crippen molar-refractivity contribution in [3.8, 4) is 17.5 Å². The van der Waals surface area contributed by atoms with E-state index in [-0.39, 0.29) is 31.0 Å². The normalized spacial score (nSPS) is 23.5. The molecule has 6 nitrogen and oxygen atoms in total. The van der Waals surface area contributed by atoms with Crippen LogP contribution < -0.4 is 0 Å². The van der Waals surface area contributed by atoms with Crippen molar-refractivity contribution < 1.29 is 9.18 Å². The number of fused-ring (bicyclic) bond motifs is 2. The number of nitriles is 1. The lowest BCUT2D eigenvalue weighted by molar-refractivity contribution is 0.0420. The van der Waals surface area contributed by atoms with E-state index in [2.05, 4.69) is 21.0 Å². The van der Waals surface area contributed by atoms with Crippen LogP contribution in [-0.4, -0.2) is 38.8 Å². The molecule has 0 spiro atoms. The van der Waals surface area contributed by atoms with Crippen molar-refractivity contribution in [3.63, 3.8) is 0 Å². The zero-order valence-electron chi connectivity index (χ0n) is 17.5. The highest BCUT2D eigenvalue weighted by Crippen LogP contribution is 2.53. The van der Waals surface area contributed by atoms with E-state index < -0.39 is 5.41 Å². The first-order valence-corrected chi connectivity index (χ1v) is 10.8. The van der Waals surface area contributed by atoms with Crippen molar-refractivity contribution in [2.24, 2.45) is 17.3 Å². The van der Waals surface area contributed by atoms with Gasteiger partial charge in [0.25, 0.3) is 5.91 Å². The molecule has 2 fully saturated rings. The van der Waals surface area contributed by atoms with Gasteiger partial charge in [0.1, 0.15) is 17.8 Å². The second-order valence-electron chi connectivity index (χ2n) is 8.63. The van der Waals surface area contributed by atoms with Gasteiger partial charge in [0.2, 0.25) is 0 Å². The molecule has 3 aromatic rings. The van der Waals surface area contributed by atoms with Crippen LogP contribution >= 0.6 is 0 Å². The van der Waals surface area contributed by atoms with Crippen molar-refractivity contribution in [3.05, 3.63) is 78.1 Å². The van der Waals surface area contributed by atoms with E-state index in [9.17, 15) is 14.4 Å². The number of hydrogen-bond donors (Lipinski definition) is 0. The Hall–Kier alpha value is -3.66. The number of carbonyl (C=O) groups excluding carboxylic acids is 1. The van der Waals surface area contributed by atoms with Crippen LogP contribution in [0.2, 0.25) is 0 Å². The first kappa shape index (κ1) is 22.5. The van der Waals surface area contributed by atoms with Gasteiger partial charge in [0, 0.05) is 25.5 Å². The number of likely N-dealkylation sites (tertiary alicyclic amines) is 1. The predicted molar refractivity (Wildman–Crippen MR) is 122 cm³/mol. The number of nitrogens with zero attached hydrogens (tertiary/aromatic N) is 5. The van der Waals surface area contributed by atoms with Crippen molar-refractivity contribution in [2.75, 3.05) is 13.1 Å². The predicted octanol–water partition coefficient (Wildman–Crippen LogP) is 4.55. The fourth-order valence-corrected chi connectivity index (χ4v) is 5.37. The summed E-state index contributed by atoms with van der Waals surface area (Å²) in [5.74, 6) is -0.199. The van der Waals surface area contributed by atoms with Crippen molar-refractivity contribution in [1.29, 1.82) is 5.26 Å². The molecule has 3 atom stereocenters. The molecular weight excluding hydrogens is 417 g/mol. The van der Waals surface area contributed by atoms with Crippen molar-refractivity contribution in [2.45, 2.75) is 26.7 Å². The van der Waals surface area contributed by atoms with Crippen LogP contribution in [0.4, 0.5) is 4.39 Å². The molecule has 1 aliphatic carbocycles. The van der Waals surface area contributed by atoms with E-state index in [0.29, 0.717) is 36.5 Å². The van der Waals surface area contributed by atoms with Gasteiger partial charge in [0.05, 0.1) is 22.7 Å². The Morgan fingerprint density at radius 1 is 1.09 bits per heavy atom. The Kier molecular flexibility index (Phi) is 6.19. The number of benzene rings is 1. The second kappa shape index (κ2) is 9.07. The molecule has 168 valence electrons. The van der Waals surface area contributed by atoms with E-state index in [4.69, 9.17) is 0 Å². The number of halogens is 1. The molecule has 33 heavy (non-hydrogen) atoms. The van der Waals surface area contributed by atoms with Crippen LogP contribution in [0.3, 0.4) is 0 Å². The average Bonchev–Trinajstić information content (AvgIpc) is 3.01. The highest BCUT2D eigenvalue weighted by Gasteiger charge is 2.55. The second-order valence-corrected chi connectivity index (χ2v) is 8.63. The van der Waals surface area contributed by atoms with Gasteiger partial charge in [-0.1, -0.05) is 19.6 Å². The molecule has 1 aromatic carbocycles. The summed E-state index contributed by atoms with van der Waals surface area (Å²) in [7, 11) is 0. The molecule has 1 saturated carbocycles. The fourth-order valence-electron chi connectivity index (χ4n) is 5.37. The lowest BCUT2D eigenvalue weighted by atomic mass is 9.66. The van der Waals surface area contributed by atoms with Crippen molar-refractivity contribution in [1.82, 2.24) is 19.9 Å². The Balaban J connectivity index is 0.00000259. The molecule has 5 rings (SSSR count). The summed E-state index contributed by atoms with van der Waals surface area (Å²) >= 11 is 0. The minimum Gasteiger partial charge on any atom is -0.338 e. The molecule has 1 unspecified atom stereocenters. The molecule has 1 saturated heterocycles. The summed E-state index contributed by atoms with van der Waals surface area (Å²) in [6, 6.07) is 14.3. The highest BCUT2D eigenvalue weighted by molar-refractivity contribution is 5.99. The summed E-state index contributed by atoms with van der Waals surface area (Å²) in [6.45, 7) is 1.06. The van der Waals surface area contributed by atoms with E-state index in [0.717, 1.165) is 18.4 Å². The summed E-state index contributed by atoms with van der Waals surface area (Å²) < 4.78 is 13.3. The first-order chi connectivity index (χ1) is 15.6. The number of hydrogen-bond acceptors (Lipinski definition) is 5. The van der Waals surface area contributed by atoms with Crippen LogP contribution in [0.25, 0.3) is 11.4 Å². The molecule has 0 radical (unpaired) electrons. The van der Waals surface area contributed by atoms with Gasteiger partial charge in [-0.25, -0.2) is 14.4 Å². The Labute approximate surface area is 193 Å². The van der Waals surface area contributed by atoms with Crippen molar-refractivity contribution >= 4 is 5.91 Å². The third kappa shape index (κ3) is 3.97. The Morgan fingerprint density at radius 2 is 1.82 bits per heavy atom. The van der Waals surface area contributed by atoms with Crippen LogP contribution in [0.15, 0.2) is 61.2 Å². The number of pyridine rings is 1. The van der Waals surface area contributed by atoms with Gasteiger partial charge in [-0.15, -0.1) is 0 Å². The van der Waals surface area contributed by atoms with Gasteiger partial charge < -0.3 is 4.90 Å². The third-order valence-electron chi connectivity index (χ3n) is 6.97. The smallest absolute Gasteiger partial charge is 0.256 e. The third-order valence-corrected chi connectivity index (χ3v) is 6.97. The first-order valence-electron chi connectivity index (χ1n) is 10.8. The minimum atomic E-state index is -0.529. The quantitative estimate of drug-likeness (QED) is 0.591. The molecule has 1 aliphatic heterocycles. The summed E-state index contributed by atoms with van der Waals surface area (Å²) in [6.07, 6.45) is 7.13. The molecule has 1 amide bonds. The molecule has 2 aromatic heterocycles. The lowest BCUT2D eigenvalue weighted by Crippen LogP contribution is -2.51. The summed E-state index contributed by atoms with van der Waals surface area (Å²) in [4.78, 5) is 28.0. The molecule has 2 bridgehead atoms. The zero-order chi connectivity index (χ0) is 22.1. The average molecular weight is 444 g/mol. The highest BCUT2D eigenvalue weighted by atomic mass is 19.1. The van der Waals surface area contributed by atoms with Crippen LogP contribution in [0.1, 0.15) is 36.2 Å². The Morgan fingerprint density at radius 3 is 2.45 bits per heavy atom. The standard InChI is InChI=1S/C25H22FN5O.CH4/c26-20-7-3-17(4-8-20)12-25(15-27)18-5-6-19(25)14-31(13-18)24(32)21-2-1-10-29-23(21)22-9-11-28-16-30-22;/h1-4,7-11,16,18-19H,5-6,12-14H2;1H4/t18-,19+,25?;. The maximum atomic E-state index is 13.5. The molecular formula is C26H26FN5O. The molecule has 2 aliphatic rings. The zero-order valence-corrected chi connectivity index (χ0v) is 17.5. The fraction of sp³-hybridized carbons (Fsp3) is 0.346. The molecule has 7 heteroatoms. The monoisotopic (exact) mass is 443 g/mol. The van der Waals surface area contributed by atoms with Gasteiger partial charge in [-0.3, -0.25) is 9.78 Å². The van der Waals surface area contributed by atoms with Crippen LogP contribution in [0, 0.1) is 34.4 Å². The molecule has 3 heterocycles. The summed E-state index contributed by atoms with van der Waals surface area (Å²) in [5, 5.41) is 10.2. The maximum absolute atomic E-state index is 13.5. The maximum Gasteiger partial charge on any atom is 0.256 e. The van der Waals surface area contributed by atoms with E-state index in [1.807, 2.05) is 4.90 Å². The number of piperidine rings is 1. The van der Waals surface area contributed by atoms with Gasteiger partial charge in [0.15, 0.2) is 0 Å². The largest absolute Gasteiger partial charge is 0.338 e. The van der Waals surface area contributed by atoms with Gasteiger partial charge >= 0.3 is 0 Å². The number of aromatic nitrogens is 3. The lowest BCUT2D eigenvalue weighted by Gasteiger charge is -2.44. The minimum absolute atomic E-state index is 0. The van der Waals surface area contributed by atoms with E-state index >= 15 is 0 Å². The topological polar surface area (TPSA) is 82.8 Å². The summed E-state index contributed by atoms with van der Waals surface area (Å²) in [5.41, 5.74) is 2.08. The number of rotatable bonds is 4. The number of amides is 1. The Bertz CT molecular complexity index is 1160.